The van der Waals surface area contributed by atoms with Gasteiger partial charge in [-0.3, -0.25) is 4.99 Å². The number of nitrogens with zero attached hydrogens (tertiary/aromatic N) is 1. The Morgan fingerprint density at radius 3 is 2.25 bits per heavy atom. The van der Waals surface area contributed by atoms with E-state index in [1.165, 1.54) is 7.05 Å². The quantitative estimate of drug-likeness (QED) is 0.386. The van der Waals surface area contributed by atoms with E-state index in [2.05, 4.69) is 4.99 Å². The lowest BCUT2D eigenvalue weighted by Crippen LogP contribution is -2.07. The lowest BCUT2D eigenvalue weighted by molar-refractivity contribution is -0.129. The Bertz CT molecular complexity index is 121. The summed E-state index contributed by atoms with van der Waals surface area (Å²) in [5.74, 6) is -0.958. The minimum Gasteiger partial charge on any atom is -0.476 e. The van der Waals surface area contributed by atoms with Gasteiger partial charge in [0.1, 0.15) is 0 Å². The number of hydrogen-bond acceptors (Lipinski definition) is 3. The molecule has 0 saturated heterocycles. The second kappa shape index (κ2) is 3.49. The lowest BCUT2D eigenvalue weighted by Gasteiger charge is -1.89. The second-order valence-corrected chi connectivity index (χ2v) is 1.83. The van der Waals surface area contributed by atoms with Gasteiger partial charge in [-0.05, 0) is 6.26 Å². The summed E-state index contributed by atoms with van der Waals surface area (Å²) < 4.78 is 0. The SMILES string of the molecule is CN=C(SC)C(=O)O. The fraction of sp³-hybridized carbons (Fsp3) is 0.500. The van der Waals surface area contributed by atoms with Crippen molar-refractivity contribution < 1.29 is 9.90 Å². The van der Waals surface area contributed by atoms with E-state index in [9.17, 15) is 4.79 Å². The molecule has 0 spiro atoms. The number of aliphatic imine (C=N–C) groups is 1. The van der Waals surface area contributed by atoms with Crippen molar-refractivity contribution in [3.63, 3.8) is 0 Å². The van der Waals surface area contributed by atoms with Crippen LogP contribution < -0.4 is 0 Å². The van der Waals surface area contributed by atoms with Gasteiger partial charge in [-0.1, -0.05) is 0 Å². The van der Waals surface area contributed by atoms with Crippen molar-refractivity contribution in [3.05, 3.63) is 0 Å². The molecule has 0 radical (unpaired) electrons. The molecule has 0 saturated carbocycles. The van der Waals surface area contributed by atoms with Crippen LogP contribution in [0, 0.1) is 0 Å². The molecule has 0 aromatic carbocycles. The third kappa shape index (κ3) is 1.97. The summed E-state index contributed by atoms with van der Waals surface area (Å²) >= 11 is 1.13. The predicted molar refractivity (Wildman–Crippen MR) is 34.5 cm³/mol. The van der Waals surface area contributed by atoms with Crippen LogP contribution in [0.2, 0.25) is 0 Å². The van der Waals surface area contributed by atoms with Gasteiger partial charge in [0.15, 0.2) is 5.04 Å². The van der Waals surface area contributed by atoms with Crippen molar-refractivity contribution in [2.24, 2.45) is 4.99 Å². The normalized spacial score (nSPS) is 11.5. The van der Waals surface area contributed by atoms with Crippen LogP contribution in [0.3, 0.4) is 0 Å². The molecule has 0 amide bonds. The Labute approximate surface area is 51.8 Å². The fourth-order valence-corrected chi connectivity index (χ4v) is 0.631. The molecule has 0 aliphatic rings. The van der Waals surface area contributed by atoms with Gasteiger partial charge < -0.3 is 5.11 Å². The maximum atomic E-state index is 10.0. The number of carboxylic acids is 1. The number of carboxylic acid groups (broad SMARTS) is 1. The molecule has 0 aromatic heterocycles. The van der Waals surface area contributed by atoms with E-state index in [0.29, 0.717) is 0 Å². The molecule has 0 unspecified atom stereocenters. The Kier molecular flexibility index (Phi) is 3.26. The maximum absolute atomic E-state index is 10.0. The molecule has 8 heavy (non-hydrogen) atoms. The van der Waals surface area contributed by atoms with Crippen LogP contribution in [0.1, 0.15) is 0 Å². The Morgan fingerprint density at radius 1 is 1.75 bits per heavy atom. The third-order valence-corrected chi connectivity index (χ3v) is 1.32. The molecule has 3 nitrogen and oxygen atoms in total. The van der Waals surface area contributed by atoms with E-state index in [0.717, 1.165) is 11.8 Å². The molecule has 1 N–H and O–H groups in total. The predicted octanol–water partition coefficient (Wildman–Crippen LogP) is 0.462. The Morgan fingerprint density at radius 2 is 2.25 bits per heavy atom. The van der Waals surface area contributed by atoms with Crippen molar-refractivity contribution in [1.82, 2.24) is 0 Å². The summed E-state index contributed by atoms with van der Waals surface area (Å²) in [5.41, 5.74) is 0. The van der Waals surface area contributed by atoms with Gasteiger partial charge in [0, 0.05) is 7.05 Å². The zero-order valence-corrected chi connectivity index (χ0v) is 5.53. The van der Waals surface area contributed by atoms with E-state index >= 15 is 0 Å². The zero-order valence-electron chi connectivity index (χ0n) is 4.71. The molecule has 0 aliphatic carbocycles. The first-order valence-electron chi connectivity index (χ1n) is 1.96. The molecule has 0 atom stereocenters. The highest BCUT2D eigenvalue weighted by molar-refractivity contribution is 8.15. The second-order valence-electron chi connectivity index (χ2n) is 1.04. The van der Waals surface area contributed by atoms with E-state index < -0.39 is 5.97 Å². The minimum absolute atomic E-state index is 0.144. The average Bonchev–Trinajstić information content (AvgIpc) is 1.69. The molecule has 0 aromatic rings. The van der Waals surface area contributed by atoms with Crippen molar-refractivity contribution in [2.75, 3.05) is 13.3 Å². The van der Waals surface area contributed by atoms with Crippen LogP contribution in [-0.4, -0.2) is 29.4 Å². The highest BCUT2D eigenvalue weighted by Gasteiger charge is 2.03. The highest BCUT2D eigenvalue weighted by Crippen LogP contribution is 1.95. The fourth-order valence-electron chi connectivity index (χ4n) is 0.274. The minimum atomic E-state index is -0.958. The summed E-state index contributed by atoms with van der Waals surface area (Å²) in [7, 11) is 1.46. The first-order chi connectivity index (χ1) is 3.72. The molecule has 46 valence electrons. The molecule has 0 rings (SSSR count). The smallest absolute Gasteiger partial charge is 0.360 e. The first-order valence-corrected chi connectivity index (χ1v) is 3.19. The molecule has 0 bridgehead atoms. The van der Waals surface area contributed by atoms with E-state index in [4.69, 9.17) is 5.11 Å². The summed E-state index contributed by atoms with van der Waals surface area (Å²) in [4.78, 5) is 13.5. The summed E-state index contributed by atoms with van der Waals surface area (Å²) in [5, 5.41) is 8.37. The summed E-state index contributed by atoms with van der Waals surface area (Å²) in [6, 6.07) is 0. The maximum Gasteiger partial charge on any atom is 0.360 e. The van der Waals surface area contributed by atoms with Crippen LogP contribution in [0.4, 0.5) is 0 Å². The number of rotatable bonds is 0. The van der Waals surface area contributed by atoms with Gasteiger partial charge >= 0.3 is 5.97 Å². The van der Waals surface area contributed by atoms with Gasteiger partial charge in [0.05, 0.1) is 0 Å². The van der Waals surface area contributed by atoms with Crippen molar-refractivity contribution >= 4 is 22.8 Å². The standard InChI is InChI=1S/C4H7NO2S/c1-5-3(8-2)4(6)7/h1-2H3,(H,6,7). The van der Waals surface area contributed by atoms with Gasteiger partial charge in [0.2, 0.25) is 0 Å². The van der Waals surface area contributed by atoms with Crippen LogP contribution in [0.15, 0.2) is 4.99 Å². The van der Waals surface area contributed by atoms with Crippen molar-refractivity contribution in [1.29, 1.82) is 0 Å². The molecule has 0 aliphatic heterocycles. The largest absolute Gasteiger partial charge is 0.476 e. The van der Waals surface area contributed by atoms with Gasteiger partial charge in [0.25, 0.3) is 0 Å². The van der Waals surface area contributed by atoms with Crippen LogP contribution in [0.5, 0.6) is 0 Å². The zero-order chi connectivity index (χ0) is 6.57. The van der Waals surface area contributed by atoms with Crippen molar-refractivity contribution in [3.8, 4) is 0 Å². The topological polar surface area (TPSA) is 49.7 Å². The average molecular weight is 133 g/mol. The molecule has 0 heterocycles. The molecule has 4 heteroatoms. The number of aliphatic carboxylic acids is 1. The lowest BCUT2D eigenvalue weighted by atomic mass is 10.7. The van der Waals surface area contributed by atoms with Gasteiger partial charge in [-0.2, -0.15) is 0 Å². The number of hydrogen-bond donors (Lipinski definition) is 1. The van der Waals surface area contributed by atoms with Crippen molar-refractivity contribution in [2.45, 2.75) is 0 Å². The monoisotopic (exact) mass is 133 g/mol. The van der Waals surface area contributed by atoms with Crippen LogP contribution in [0.25, 0.3) is 0 Å². The van der Waals surface area contributed by atoms with Gasteiger partial charge in [-0.25, -0.2) is 4.79 Å². The van der Waals surface area contributed by atoms with Gasteiger partial charge in [-0.15, -0.1) is 11.8 Å². The van der Waals surface area contributed by atoms with E-state index in [1.54, 1.807) is 6.26 Å². The van der Waals surface area contributed by atoms with Crippen LogP contribution in [-0.2, 0) is 4.79 Å². The highest BCUT2D eigenvalue weighted by atomic mass is 32.2. The summed E-state index contributed by atoms with van der Waals surface area (Å²) in [6.07, 6.45) is 1.68. The first kappa shape index (κ1) is 7.49. The van der Waals surface area contributed by atoms with E-state index in [-0.39, 0.29) is 5.04 Å². The molecule has 0 fully saturated rings. The Balaban J connectivity index is 3.92. The Hall–Kier alpha value is -0.510. The third-order valence-electron chi connectivity index (χ3n) is 0.579. The molecular weight excluding hydrogens is 126 g/mol. The van der Waals surface area contributed by atoms with E-state index in [1.807, 2.05) is 0 Å². The molecular formula is C4H7NO2S. The summed E-state index contributed by atoms with van der Waals surface area (Å²) in [6.45, 7) is 0. The number of carbonyl (C=O) groups is 1. The van der Waals surface area contributed by atoms with Crippen LogP contribution >= 0.6 is 11.8 Å². The number of thioether (sulfide) groups is 1.